The molecule has 2 heterocycles. The van der Waals surface area contributed by atoms with Gasteiger partial charge in [-0.3, -0.25) is 9.59 Å². The third kappa shape index (κ3) is 9.01. The van der Waals surface area contributed by atoms with Crippen molar-refractivity contribution in [2.45, 2.75) is 6.18 Å². The molecule has 0 aliphatic carbocycles. The Kier molecular flexibility index (Phi) is 10.3. The van der Waals surface area contributed by atoms with E-state index in [2.05, 4.69) is 31.0 Å². The number of alkyl halides is 3. The fourth-order valence-electron chi connectivity index (χ4n) is 4.36. The number of nitrogens with zero attached hydrogens (tertiary/aromatic N) is 5. The number of ether oxygens (including phenoxy) is 1. The molecule has 3 aromatic carbocycles. The SMILES string of the molecule is CN(C)C/C=C/C(=O)Nc1cccc(Nc2nccc(Oc3ccc(NC(=O)c4cnn(-c5ccc(F)cc5)c4C(F)(F)F)cc3F)n2)c1. The second kappa shape index (κ2) is 14.7. The van der Waals surface area contributed by atoms with Gasteiger partial charge in [-0.05, 0) is 68.7 Å². The summed E-state index contributed by atoms with van der Waals surface area (Å²) < 4.78 is 76.3. The van der Waals surface area contributed by atoms with E-state index in [1.807, 2.05) is 19.0 Å². The Bertz CT molecular complexity index is 2000. The summed E-state index contributed by atoms with van der Waals surface area (Å²) in [6, 6.07) is 15.5. The standard InChI is InChI=1S/C33H27F5N8O3/c1-45(2)16-4-7-28(47)41-21-5-3-6-22(17-21)43-32-39-15-14-29(44-32)49-27-13-10-23(18-26(27)35)42-31(48)25-19-40-46(30(25)33(36,37)38)24-11-8-20(34)9-12-24/h3-15,17-19H,16H2,1-2H3,(H,41,47)(H,42,48)(H,39,43,44)/b7-4+. The molecule has 11 nitrogen and oxygen atoms in total. The number of rotatable bonds is 11. The van der Waals surface area contributed by atoms with Gasteiger partial charge in [0.25, 0.3) is 5.91 Å². The Morgan fingerprint density at radius 3 is 2.39 bits per heavy atom. The van der Waals surface area contributed by atoms with E-state index in [1.54, 1.807) is 30.3 Å². The normalized spacial score (nSPS) is 11.5. The number of anilines is 4. The molecule has 2 amide bonds. The van der Waals surface area contributed by atoms with Crippen LogP contribution in [0.25, 0.3) is 5.69 Å². The zero-order valence-electron chi connectivity index (χ0n) is 25.8. The Labute approximate surface area is 276 Å². The van der Waals surface area contributed by atoms with Gasteiger partial charge in [0.05, 0.1) is 17.4 Å². The summed E-state index contributed by atoms with van der Waals surface area (Å²) in [6.45, 7) is 0.607. The molecule has 0 atom stereocenters. The lowest BCUT2D eigenvalue weighted by molar-refractivity contribution is -0.143. The van der Waals surface area contributed by atoms with Crippen LogP contribution in [0, 0.1) is 11.6 Å². The van der Waals surface area contributed by atoms with Crippen molar-refractivity contribution in [1.29, 1.82) is 0 Å². The van der Waals surface area contributed by atoms with Gasteiger partial charge in [-0.25, -0.2) is 18.4 Å². The summed E-state index contributed by atoms with van der Waals surface area (Å²) in [5, 5.41) is 11.6. The van der Waals surface area contributed by atoms with Crippen molar-refractivity contribution in [2.75, 3.05) is 36.6 Å². The van der Waals surface area contributed by atoms with Crippen molar-refractivity contribution >= 4 is 34.8 Å². The van der Waals surface area contributed by atoms with Crippen LogP contribution in [0.2, 0.25) is 0 Å². The van der Waals surface area contributed by atoms with E-state index in [1.165, 1.54) is 24.4 Å². The van der Waals surface area contributed by atoms with Crippen molar-refractivity contribution < 1.29 is 36.3 Å². The molecule has 0 aliphatic heterocycles. The smallest absolute Gasteiger partial charge is 0.434 e. The first-order chi connectivity index (χ1) is 23.4. The molecular formula is C33H27F5N8O3. The van der Waals surface area contributed by atoms with Crippen molar-refractivity contribution in [3.8, 4) is 17.3 Å². The molecule has 0 fully saturated rings. The number of benzene rings is 3. The summed E-state index contributed by atoms with van der Waals surface area (Å²) in [5.74, 6) is -3.37. The van der Waals surface area contributed by atoms with Gasteiger partial charge < -0.3 is 25.6 Å². The fourth-order valence-corrected chi connectivity index (χ4v) is 4.36. The number of likely N-dealkylation sites (N-methyl/N-ethyl adjacent to an activating group) is 1. The summed E-state index contributed by atoms with van der Waals surface area (Å²) in [4.78, 5) is 35.3. The molecule has 5 rings (SSSR count). The number of carbonyl (C=O) groups is 2. The first kappa shape index (κ1) is 34.2. The highest BCUT2D eigenvalue weighted by Gasteiger charge is 2.40. The highest BCUT2D eigenvalue weighted by molar-refractivity contribution is 6.05. The number of amides is 2. The Hall–Kier alpha value is -6.16. The highest BCUT2D eigenvalue weighted by Crippen LogP contribution is 2.34. The van der Waals surface area contributed by atoms with Gasteiger partial charge in [-0.15, -0.1) is 0 Å². The van der Waals surface area contributed by atoms with Crippen LogP contribution in [0.5, 0.6) is 11.6 Å². The molecule has 0 bridgehead atoms. The first-order valence-electron chi connectivity index (χ1n) is 14.4. The lowest BCUT2D eigenvalue weighted by Gasteiger charge is -2.13. The average molecular weight is 679 g/mol. The van der Waals surface area contributed by atoms with Crippen molar-refractivity contribution in [1.82, 2.24) is 24.6 Å². The molecule has 49 heavy (non-hydrogen) atoms. The Morgan fingerprint density at radius 2 is 1.67 bits per heavy atom. The van der Waals surface area contributed by atoms with Gasteiger partial charge in [0.15, 0.2) is 17.3 Å². The van der Waals surface area contributed by atoms with Crippen LogP contribution in [0.1, 0.15) is 16.1 Å². The van der Waals surface area contributed by atoms with Gasteiger partial charge in [0.1, 0.15) is 5.82 Å². The van der Waals surface area contributed by atoms with E-state index in [4.69, 9.17) is 4.74 Å². The monoisotopic (exact) mass is 678 g/mol. The summed E-state index contributed by atoms with van der Waals surface area (Å²) in [5.41, 5.74) is -1.46. The van der Waals surface area contributed by atoms with Crippen LogP contribution in [-0.4, -0.2) is 57.1 Å². The topological polar surface area (TPSA) is 126 Å². The van der Waals surface area contributed by atoms with Gasteiger partial charge in [0.2, 0.25) is 17.7 Å². The molecule has 5 aromatic rings. The Morgan fingerprint density at radius 1 is 0.939 bits per heavy atom. The minimum absolute atomic E-state index is 0.0494. The molecule has 2 aromatic heterocycles. The number of carbonyl (C=O) groups excluding carboxylic acids is 2. The van der Waals surface area contributed by atoms with Crippen molar-refractivity contribution in [2.24, 2.45) is 0 Å². The van der Waals surface area contributed by atoms with E-state index in [0.717, 1.165) is 36.4 Å². The van der Waals surface area contributed by atoms with Gasteiger partial charge in [-0.1, -0.05) is 12.1 Å². The van der Waals surface area contributed by atoms with Crippen LogP contribution in [-0.2, 0) is 11.0 Å². The second-order valence-electron chi connectivity index (χ2n) is 10.6. The highest BCUT2D eigenvalue weighted by atomic mass is 19.4. The molecule has 0 radical (unpaired) electrons. The summed E-state index contributed by atoms with van der Waals surface area (Å²) >= 11 is 0. The quantitative estimate of drug-likeness (QED) is 0.103. The predicted molar refractivity (Wildman–Crippen MR) is 171 cm³/mol. The average Bonchev–Trinajstić information content (AvgIpc) is 3.50. The van der Waals surface area contributed by atoms with Gasteiger partial charge in [0, 0.05) is 48.0 Å². The number of hydrogen-bond acceptors (Lipinski definition) is 8. The minimum atomic E-state index is -5.01. The maximum Gasteiger partial charge on any atom is 0.434 e. The van der Waals surface area contributed by atoms with Crippen molar-refractivity contribution in [3.05, 3.63) is 120 Å². The molecule has 16 heteroatoms. The van der Waals surface area contributed by atoms with Crippen LogP contribution in [0.4, 0.5) is 45.0 Å². The molecule has 0 saturated heterocycles. The van der Waals surface area contributed by atoms with Crippen LogP contribution < -0.4 is 20.7 Å². The van der Waals surface area contributed by atoms with E-state index >= 15 is 4.39 Å². The lowest BCUT2D eigenvalue weighted by atomic mass is 10.2. The molecule has 3 N–H and O–H groups in total. The molecule has 0 unspecified atom stereocenters. The fraction of sp³-hybridized carbons (Fsp3) is 0.121. The summed E-state index contributed by atoms with van der Waals surface area (Å²) in [6.07, 6.45) is 0.231. The molecule has 0 saturated carbocycles. The van der Waals surface area contributed by atoms with Gasteiger partial charge in [-0.2, -0.15) is 23.3 Å². The lowest BCUT2D eigenvalue weighted by Crippen LogP contribution is -2.20. The molecule has 0 spiro atoms. The van der Waals surface area contributed by atoms with Crippen molar-refractivity contribution in [3.63, 3.8) is 0 Å². The van der Waals surface area contributed by atoms with Crippen LogP contribution >= 0.6 is 0 Å². The Balaban J connectivity index is 1.25. The number of halogens is 5. The third-order valence-corrected chi connectivity index (χ3v) is 6.51. The second-order valence-corrected chi connectivity index (χ2v) is 10.6. The van der Waals surface area contributed by atoms with E-state index < -0.39 is 35.0 Å². The van der Waals surface area contributed by atoms with Gasteiger partial charge >= 0.3 is 6.18 Å². The predicted octanol–water partition coefficient (Wildman–Crippen LogP) is 6.80. The zero-order chi connectivity index (χ0) is 35.1. The number of aromatic nitrogens is 4. The molecule has 252 valence electrons. The largest absolute Gasteiger partial charge is 0.436 e. The maximum atomic E-state index is 15.0. The maximum absolute atomic E-state index is 15.0. The molecule has 0 aliphatic rings. The van der Waals surface area contributed by atoms with E-state index in [9.17, 15) is 27.2 Å². The summed E-state index contributed by atoms with van der Waals surface area (Å²) in [7, 11) is 3.76. The first-order valence-corrected chi connectivity index (χ1v) is 14.4. The van der Waals surface area contributed by atoms with E-state index in [-0.39, 0.29) is 34.9 Å². The number of nitrogens with one attached hydrogen (secondary N) is 3. The minimum Gasteiger partial charge on any atom is -0.436 e. The third-order valence-electron chi connectivity index (χ3n) is 6.51. The van der Waals surface area contributed by atoms with Crippen LogP contribution in [0.15, 0.2) is 97.3 Å². The molecular weight excluding hydrogens is 651 g/mol. The number of hydrogen-bond donors (Lipinski definition) is 3. The van der Waals surface area contributed by atoms with E-state index in [0.29, 0.717) is 28.8 Å². The van der Waals surface area contributed by atoms with Crippen LogP contribution in [0.3, 0.4) is 0 Å². The zero-order valence-corrected chi connectivity index (χ0v) is 25.8.